The molecule has 8 heteroatoms. The molecular formula is C17H18F3NO4. The number of nitrogens with one attached hydrogen (secondary N) is 1. The molecule has 0 heterocycles. The summed E-state index contributed by atoms with van der Waals surface area (Å²) in [5.74, 6) is -2.27. The van der Waals surface area contributed by atoms with Crippen molar-refractivity contribution in [2.75, 3.05) is 6.61 Å². The Morgan fingerprint density at radius 3 is 2.20 bits per heavy atom. The summed E-state index contributed by atoms with van der Waals surface area (Å²) in [6.07, 6.45) is -0.0937. The number of alkyl halides is 3. The first-order chi connectivity index (χ1) is 11.8. The normalized spacial score (nSPS) is 15.5. The smallest absolute Gasteiger partial charge is 0.416 e. The van der Waals surface area contributed by atoms with Gasteiger partial charge in [-0.05, 0) is 37.1 Å². The molecule has 0 spiro atoms. The lowest BCUT2D eigenvalue weighted by atomic mass is 9.89. The van der Waals surface area contributed by atoms with Crippen LogP contribution < -0.4 is 5.32 Å². The van der Waals surface area contributed by atoms with Gasteiger partial charge in [-0.2, -0.15) is 13.2 Å². The Morgan fingerprint density at radius 2 is 1.64 bits per heavy atom. The number of imide groups is 1. The Bertz CT molecular complexity index is 634. The van der Waals surface area contributed by atoms with E-state index in [-0.39, 0.29) is 17.4 Å². The Balaban J connectivity index is 1.80. The largest absolute Gasteiger partial charge is 0.452 e. The fraction of sp³-hybridized carbons (Fsp3) is 0.471. The molecule has 1 aliphatic rings. The van der Waals surface area contributed by atoms with Crippen molar-refractivity contribution in [1.29, 1.82) is 0 Å². The van der Waals surface area contributed by atoms with E-state index in [2.05, 4.69) is 5.32 Å². The van der Waals surface area contributed by atoms with E-state index in [0.29, 0.717) is 0 Å². The number of hydrogen-bond donors (Lipinski definition) is 1. The highest BCUT2D eigenvalue weighted by Crippen LogP contribution is 2.29. The minimum absolute atomic E-state index is 0.112. The van der Waals surface area contributed by atoms with Gasteiger partial charge in [-0.25, -0.2) is 4.79 Å². The van der Waals surface area contributed by atoms with Crippen LogP contribution in [0.5, 0.6) is 0 Å². The Kier molecular flexibility index (Phi) is 6.17. The molecule has 1 aliphatic carbocycles. The van der Waals surface area contributed by atoms with Crippen LogP contribution in [0, 0.1) is 5.92 Å². The summed E-state index contributed by atoms with van der Waals surface area (Å²) in [6.45, 7) is -0.668. The number of rotatable bonds is 4. The van der Waals surface area contributed by atoms with Crippen molar-refractivity contribution in [3.05, 3.63) is 35.4 Å². The third kappa shape index (κ3) is 5.58. The van der Waals surface area contributed by atoms with Crippen LogP contribution in [0.25, 0.3) is 0 Å². The van der Waals surface area contributed by atoms with Crippen molar-refractivity contribution in [2.24, 2.45) is 5.92 Å². The van der Waals surface area contributed by atoms with Crippen LogP contribution in [0.1, 0.15) is 48.0 Å². The number of carbonyl (C=O) groups excluding carboxylic acids is 3. The second-order valence-corrected chi connectivity index (χ2v) is 5.90. The third-order valence-electron chi connectivity index (χ3n) is 4.02. The molecule has 1 fully saturated rings. The maximum atomic E-state index is 12.4. The molecule has 1 N–H and O–H groups in total. The van der Waals surface area contributed by atoms with Gasteiger partial charge in [0.05, 0.1) is 11.1 Å². The quantitative estimate of drug-likeness (QED) is 0.841. The van der Waals surface area contributed by atoms with Crippen molar-refractivity contribution in [2.45, 2.75) is 38.3 Å². The van der Waals surface area contributed by atoms with Gasteiger partial charge in [0.2, 0.25) is 5.91 Å². The fourth-order valence-corrected chi connectivity index (χ4v) is 2.65. The van der Waals surface area contributed by atoms with Crippen molar-refractivity contribution < 1.29 is 32.3 Å². The number of carbonyl (C=O) groups is 3. The Hall–Kier alpha value is -2.38. The van der Waals surface area contributed by atoms with E-state index >= 15 is 0 Å². The van der Waals surface area contributed by atoms with E-state index in [9.17, 15) is 27.6 Å². The average molecular weight is 357 g/mol. The highest BCUT2D eigenvalue weighted by molar-refractivity contribution is 5.98. The van der Waals surface area contributed by atoms with Gasteiger partial charge in [0.15, 0.2) is 6.61 Å². The van der Waals surface area contributed by atoms with Crippen molar-refractivity contribution in [3.63, 3.8) is 0 Å². The van der Waals surface area contributed by atoms with Gasteiger partial charge in [0.25, 0.3) is 5.91 Å². The zero-order valence-electron chi connectivity index (χ0n) is 13.4. The highest BCUT2D eigenvalue weighted by Gasteiger charge is 2.30. The summed E-state index contributed by atoms with van der Waals surface area (Å²) in [7, 11) is 0. The van der Waals surface area contributed by atoms with Gasteiger partial charge >= 0.3 is 12.1 Å². The standard InChI is InChI=1S/C17H18F3NO4/c18-17(19,20)13-8-6-12(7-9-13)16(24)25-10-14(22)21-15(23)11-4-2-1-3-5-11/h6-9,11H,1-5,10H2,(H,21,22,23). The van der Waals surface area contributed by atoms with Gasteiger partial charge in [-0.3, -0.25) is 14.9 Å². The van der Waals surface area contributed by atoms with Gasteiger partial charge in [0.1, 0.15) is 0 Å². The molecule has 2 amide bonds. The number of hydrogen-bond acceptors (Lipinski definition) is 4. The van der Waals surface area contributed by atoms with Gasteiger partial charge in [0, 0.05) is 5.92 Å². The predicted octanol–water partition coefficient (Wildman–Crippen LogP) is 3.09. The molecule has 0 saturated heterocycles. The van der Waals surface area contributed by atoms with Crippen LogP contribution in [0.4, 0.5) is 13.2 Å². The predicted molar refractivity (Wildman–Crippen MR) is 81.5 cm³/mol. The lowest BCUT2D eigenvalue weighted by Gasteiger charge is -2.20. The Labute approximate surface area is 142 Å². The molecule has 0 bridgehead atoms. The summed E-state index contributed by atoms with van der Waals surface area (Å²) in [5.41, 5.74) is -1.00. The molecule has 1 aromatic carbocycles. The molecule has 0 radical (unpaired) electrons. The van der Waals surface area contributed by atoms with E-state index in [4.69, 9.17) is 4.74 Å². The third-order valence-corrected chi connectivity index (χ3v) is 4.02. The topological polar surface area (TPSA) is 72.5 Å². The summed E-state index contributed by atoms with van der Waals surface area (Å²) >= 11 is 0. The molecule has 0 aromatic heterocycles. The minimum atomic E-state index is -4.50. The van der Waals surface area contributed by atoms with Crippen molar-refractivity contribution in [1.82, 2.24) is 5.32 Å². The summed E-state index contributed by atoms with van der Waals surface area (Å²) in [4.78, 5) is 35.3. The van der Waals surface area contributed by atoms with Crippen LogP contribution in [0.15, 0.2) is 24.3 Å². The SMILES string of the molecule is O=C(COC(=O)c1ccc(C(F)(F)F)cc1)NC(=O)C1CCCCC1. The molecule has 1 aromatic rings. The van der Waals surface area contributed by atoms with E-state index in [1.165, 1.54) is 0 Å². The molecular weight excluding hydrogens is 339 g/mol. The molecule has 25 heavy (non-hydrogen) atoms. The van der Waals surface area contributed by atoms with Crippen molar-refractivity contribution in [3.8, 4) is 0 Å². The second-order valence-electron chi connectivity index (χ2n) is 5.90. The molecule has 2 rings (SSSR count). The number of esters is 1. The molecule has 1 saturated carbocycles. The van der Waals surface area contributed by atoms with Crippen LogP contribution in [0.2, 0.25) is 0 Å². The molecule has 136 valence electrons. The van der Waals surface area contributed by atoms with Gasteiger partial charge < -0.3 is 4.74 Å². The average Bonchev–Trinajstić information content (AvgIpc) is 2.59. The first kappa shape index (κ1) is 19.0. The van der Waals surface area contributed by atoms with Crippen LogP contribution in [-0.2, 0) is 20.5 Å². The lowest BCUT2D eigenvalue weighted by Crippen LogP contribution is -2.38. The first-order valence-electron chi connectivity index (χ1n) is 7.95. The maximum absolute atomic E-state index is 12.4. The van der Waals surface area contributed by atoms with Gasteiger partial charge in [-0.15, -0.1) is 0 Å². The molecule has 5 nitrogen and oxygen atoms in total. The van der Waals surface area contributed by atoms with Crippen LogP contribution in [-0.4, -0.2) is 24.4 Å². The fourth-order valence-electron chi connectivity index (χ4n) is 2.65. The molecule has 0 atom stereocenters. The highest BCUT2D eigenvalue weighted by atomic mass is 19.4. The van der Waals surface area contributed by atoms with E-state index in [0.717, 1.165) is 56.4 Å². The molecule has 0 aliphatic heterocycles. The zero-order valence-corrected chi connectivity index (χ0v) is 13.4. The van der Waals surface area contributed by atoms with E-state index in [1.54, 1.807) is 0 Å². The number of amides is 2. The Morgan fingerprint density at radius 1 is 1.04 bits per heavy atom. The summed E-state index contributed by atoms with van der Waals surface area (Å²) in [5, 5.41) is 2.18. The van der Waals surface area contributed by atoms with E-state index in [1.807, 2.05) is 0 Å². The lowest BCUT2D eigenvalue weighted by molar-refractivity contribution is -0.137. The van der Waals surface area contributed by atoms with Crippen LogP contribution >= 0.6 is 0 Å². The molecule has 0 unspecified atom stereocenters. The maximum Gasteiger partial charge on any atom is 0.416 e. The minimum Gasteiger partial charge on any atom is -0.452 e. The van der Waals surface area contributed by atoms with Crippen molar-refractivity contribution >= 4 is 17.8 Å². The number of benzene rings is 1. The van der Waals surface area contributed by atoms with Crippen LogP contribution in [0.3, 0.4) is 0 Å². The summed E-state index contributed by atoms with van der Waals surface area (Å²) < 4.78 is 42.1. The number of ether oxygens (including phenoxy) is 1. The zero-order chi connectivity index (χ0) is 18.4. The summed E-state index contributed by atoms with van der Waals surface area (Å²) in [6, 6.07) is 3.44. The second kappa shape index (κ2) is 8.13. The number of halogens is 3. The first-order valence-corrected chi connectivity index (χ1v) is 7.95. The van der Waals surface area contributed by atoms with Gasteiger partial charge in [-0.1, -0.05) is 19.3 Å². The van der Waals surface area contributed by atoms with E-state index < -0.39 is 30.2 Å². The monoisotopic (exact) mass is 357 g/mol.